The second-order valence-electron chi connectivity index (χ2n) is 16.5. The molecule has 4 heteroatoms. The molecule has 0 aliphatic carbocycles. The zero-order valence-corrected chi connectivity index (χ0v) is 34.7. The standard InChI is InChI=1S/C60H38N4/c1-4-18-40(19-5-1)57-58(41-20-6-2-7-21-41)62-59-47(28-16-31-52(59)61-57)42-22-14-25-45(37-42)63-54-36-34-39-17-10-11-26-46(39)56(54)51-35-33-43(38-55(51)63)48-29-15-30-50-49-27-12-13-32-53(49)64(60(48)50)44-23-8-3-9-24-44/h1-38H. The van der Waals surface area contributed by atoms with E-state index in [9.17, 15) is 0 Å². The first-order valence-corrected chi connectivity index (χ1v) is 21.8. The molecule has 0 aliphatic rings. The van der Waals surface area contributed by atoms with E-state index in [1.54, 1.807) is 0 Å². The van der Waals surface area contributed by atoms with Crippen LogP contribution in [0, 0.1) is 0 Å². The quantitative estimate of drug-likeness (QED) is 0.168. The summed E-state index contributed by atoms with van der Waals surface area (Å²) in [6.45, 7) is 0. The molecule has 0 fully saturated rings. The smallest absolute Gasteiger partial charge is 0.0973 e. The summed E-state index contributed by atoms with van der Waals surface area (Å²) >= 11 is 0. The third-order valence-corrected chi connectivity index (χ3v) is 12.9. The Hall–Kier alpha value is -8.60. The molecular weight excluding hydrogens is 777 g/mol. The molecule has 10 aromatic carbocycles. The van der Waals surface area contributed by atoms with Gasteiger partial charge in [-0.3, -0.25) is 0 Å². The highest BCUT2D eigenvalue weighted by atomic mass is 15.0. The van der Waals surface area contributed by atoms with Crippen molar-refractivity contribution in [2.45, 2.75) is 0 Å². The lowest BCUT2D eigenvalue weighted by molar-refractivity contribution is 1.18. The van der Waals surface area contributed by atoms with Crippen molar-refractivity contribution in [3.05, 3.63) is 231 Å². The Labute approximate surface area is 369 Å². The van der Waals surface area contributed by atoms with Crippen LogP contribution < -0.4 is 0 Å². The minimum Gasteiger partial charge on any atom is -0.309 e. The summed E-state index contributed by atoms with van der Waals surface area (Å²) in [5.41, 5.74) is 16.9. The number of rotatable bonds is 6. The van der Waals surface area contributed by atoms with Crippen LogP contribution in [0.3, 0.4) is 0 Å². The highest BCUT2D eigenvalue weighted by Gasteiger charge is 2.21. The summed E-state index contributed by atoms with van der Waals surface area (Å²) in [6, 6.07) is 82.6. The van der Waals surface area contributed by atoms with Gasteiger partial charge in [0.15, 0.2) is 0 Å². The van der Waals surface area contributed by atoms with Crippen LogP contribution in [0.2, 0.25) is 0 Å². The Morgan fingerprint density at radius 2 is 0.922 bits per heavy atom. The van der Waals surface area contributed by atoms with Crippen molar-refractivity contribution in [2.24, 2.45) is 0 Å². The summed E-state index contributed by atoms with van der Waals surface area (Å²) in [5, 5.41) is 7.41. The van der Waals surface area contributed by atoms with Crippen molar-refractivity contribution >= 4 is 65.4 Å². The first-order valence-electron chi connectivity index (χ1n) is 21.8. The Morgan fingerprint density at radius 1 is 0.312 bits per heavy atom. The highest BCUT2D eigenvalue weighted by molar-refractivity contribution is 6.22. The second kappa shape index (κ2) is 14.5. The third kappa shape index (κ3) is 5.63. The SMILES string of the molecule is c1ccc(-c2nc3cccc(-c4cccc(-n5c6cc(-c7cccc8c9ccccc9n(-c9ccccc9)c78)ccc6c6c7ccccc7ccc65)c4)c3nc2-c2ccccc2)cc1. The van der Waals surface area contributed by atoms with Crippen LogP contribution in [0.1, 0.15) is 0 Å². The van der Waals surface area contributed by atoms with E-state index in [-0.39, 0.29) is 0 Å². The van der Waals surface area contributed by atoms with Crippen LogP contribution in [-0.4, -0.2) is 19.1 Å². The highest BCUT2D eigenvalue weighted by Crippen LogP contribution is 2.43. The van der Waals surface area contributed by atoms with Gasteiger partial charge >= 0.3 is 0 Å². The maximum atomic E-state index is 5.47. The van der Waals surface area contributed by atoms with Crippen molar-refractivity contribution in [2.75, 3.05) is 0 Å². The maximum absolute atomic E-state index is 5.47. The molecule has 3 heterocycles. The summed E-state index contributed by atoms with van der Waals surface area (Å²) in [7, 11) is 0. The van der Waals surface area contributed by atoms with Gasteiger partial charge in [0.05, 0.1) is 44.5 Å². The monoisotopic (exact) mass is 814 g/mol. The van der Waals surface area contributed by atoms with Crippen LogP contribution in [0.4, 0.5) is 0 Å². The molecule has 0 aliphatic heterocycles. The van der Waals surface area contributed by atoms with Gasteiger partial charge in [-0.15, -0.1) is 0 Å². The van der Waals surface area contributed by atoms with E-state index in [1.807, 2.05) is 12.1 Å². The van der Waals surface area contributed by atoms with Gasteiger partial charge in [0.25, 0.3) is 0 Å². The third-order valence-electron chi connectivity index (χ3n) is 12.9. The molecule has 0 saturated heterocycles. The number of nitrogens with zero attached hydrogens (tertiary/aromatic N) is 4. The van der Waals surface area contributed by atoms with Crippen LogP contribution in [0.25, 0.3) is 122 Å². The number of aromatic nitrogens is 4. The molecule has 0 amide bonds. The fourth-order valence-corrected chi connectivity index (χ4v) is 10.0. The van der Waals surface area contributed by atoms with E-state index in [0.717, 1.165) is 72.6 Å². The van der Waals surface area contributed by atoms with Crippen LogP contribution in [0.15, 0.2) is 231 Å². The van der Waals surface area contributed by atoms with E-state index >= 15 is 0 Å². The predicted molar refractivity (Wildman–Crippen MR) is 267 cm³/mol. The lowest BCUT2D eigenvalue weighted by Crippen LogP contribution is -1.98. The molecule has 0 atom stereocenters. The largest absolute Gasteiger partial charge is 0.309 e. The lowest BCUT2D eigenvalue weighted by Gasteiger charge is -2.15. The molecule has 0 radical (unpaired) electrons. The molecular formula is C60H38N4. The van der Waals surface area contributed by atoms with Crippen molar-refractivity contribution in [3.8, 4) is 56.1 Å². The van der Waals surface area contributed by atoms with Crippen LogP contribution in [0.5, 0.6) is 0 Å². The Bertz CT molecular complexity index is 3940. The van der Waals surface area contributed by atoms with Gasteiger partial charge < -0.3 is 9.13 Å². The molecule has 13 aromatic rings. The molecule has 4 nitrogen and oxygen atoms in total. The Kier molecular flexibility index (Phi) is 8.18. The normalized spacial score (nSPS) is 11.8. The van der Waals surface area contributed by atoms with Gasteiger partial charge in [-0.1, -0.05) is 182 Å². The van der Waals surface area contributed by atoms with Crippen molar-refractivity contribution in [1.82, 2.24) is 19.1 Å². The summed E-state index contributed by atoms with van der Waals surface area (Å²) in [4.78, 5) is 10.8. The fourth-order valence-electron chi connectivity index (χ4n) is 10.0. The Morgan fingerprint density at radius 3 is 1.73 bits per heavy atom. The van der Waals surface area contributed by atoms with Crippen molar-refractivity contribution in [3.63, 3.8) is 0 Å². The van der Waals surface area contributed by atoms with E-state index in [0.29, 0.717) is 0 Å². The summed E-state index contributed by atoms with van der Waals surface area (Å²) in [6.07, 6.45) is 0. The van der Waals surface area contributed by atoms with Gasteiger partial charge in [-0.2, -0.15) is 0 Å². The summed E-state index contributed by atoms with van der Waals surface area (Å²) in [5.74, 6) is 0. The number of fused-ring (bicyclic) bond motifs is 9. The lowest BCUT2D eigenvalue weighted by atomic mass is 9.99. The first-order chi connectivity index (χ1) is 31.8. The minimum absolute atomic E-state index is 0.858. The first kappa shape index (κ1) is 36.1. The van der Waals surface area contributed by atoms with Gasteiger partial charge in [0.1, 0.15) is 0 Å². The average Bonchev–Trinajstić information content (AvgIpc) is 3.90. The molecule has 0 spiro atoms. The number of hydrogen-bond donors (Lipinski definition) is 0. The molecule has 298 valence electrons. The maximum Gasteiger partial charge on any atom is 0.0973 e. The van der Waals surface area contributed by atoms with E-state index in [1.165, 1.54) is 48.9 Å². The molecule has 64 heavy (non-hydrogen) atoms. The number of benzene rings is 10. The molecule has 0 N–H and O–H groups in total. The predicted octanol–water partition coefficient (Wildman–Crippen LogP) is 15.6. The average molecular weight is 815 g/mol. The molecule has 0 unspecified atom stereocenters. The second-order valence-corrected chi connectivity index (χ2v) is 16.5. The number of para-hydroxylation sites is 4. The zero-order valence-electron chi connectivity index (χ0n) is 34.7. The van der Waals surface area contributed by atoms with E-state index in [2.05, 4.69) is 228 Å². The van der Waals surface area contributed by atoms with Gasteiger partial charge in [0, 0.05) is 55.2 Å². The minimum atomic E-state index is 0.858. The molecule has 3 aromatic heterocycles. The molecule has 0 bridgehead atoms. The van der Waals surface area contributed by atoms with Crippen LogP contribution in [-0.2, 0) is 0 Å². The topological polar surface area (TPSA) is 35.6 Å². The molecule has 0 saturated carbocycles. The van der Waals surface area contributed by atoms with Crippen molar-refractivity contribution < 1.29 is 0 Å². The van der Waals surface area contributed by atoms with Gasteiger partial charge in [-0.05, 0) is 70.4 Å². The number of hydrogen-bond acceptors (Lipinski definition) is 2. The van der Waals surface area contributed by atoms with Crippen LogP contribution >= 0.6 is 0 Å². The van der Waals surface area contributed by atoms with Gasteiger partial charge in [0.2, 0.25) is 0 Å². The van der Waals surface area contributed by atoms with Crippen molar-refractivity contribution in [1.29, 1.82) is 0 Å². The van der Waals surface area contributed by atoms with E-state index in [4.69, 9.17) is 9.97 Å². The fraction of sp³-hybridized carbons (Fsp3) is 0. The van der Waals surface area contributed by atoms with Gasteiger partial charge in [-0.25, -0.2) is 9.97 Å². The van der Waals surface area contributed by atoms with E-state index < -0.39 is 0 Å². The summed E-state index contributed by atoms with van der Waals surface area (Å²) < 4.78 is 4.88. The Balaban J connectivity index is 1.05. The zero-order chi connectivity index (χ0) is 42.1. The molecule has 13 rings (SSSR count).